The lowest BCUT2D eigenvalue weighted by Gasteiger charge is -2.09. The zero-order valence-electron chi connectivity index (χ0n) is 8.50. The highest BCUT2D eigenvalue weighted by Gasteiger charge is 2.38. The van der Waals surface area contributed by atoms with Gasteiger partial charge < -0.3 is 5.73 Å². The van der Waals surface area contributed by atoms with Crippen LogP contribution >= 0.6 is 0 Å². The van der Waals surface area contributed by atoms with E-state index in [4.69, 9.17) is 5.73 Å². The molecule has 0 unspecified atom stereocenters. The summed E-state index contributed by atoms with van der Waals surface area (Å²) in [5.41, 5.74) is 9.25. The molecule has 0 heterocycles. The predicted molar refractivity (Wildman–Crippen MR) is 58.3 cm³/mol. The van der Waals surface area contributed by atoms with Crippen LogP contribution in [0.25, 0.3) is 0 Å². The molecule has 74 valence electrons. The average molecular weight is 187 g/mol. The summed E-state index contributed by atoms with van der Waals surface area (Å²) >= 11 is 0. The summed E-state index contributed by atoms with van der Waals surface area (Å²) in [4.78, 5) is 0. The zero-order valence-corrected chi connectivity index (χ0v) is 8.50. The summed E-state index contributed by atoms with van der Waals surface area (Å²) in [7, 11) is 0. The highest BCUT2D eigenvalue weighted by Crippen LogP contribution is 2.41. The Kier molecular flexibility index (Phi) is 1.72. The minimum absolute atomic E-state index is 0.155. The van der Waals surface area contributed by atoms with Gasteiger partial charge in [-0.25, -0.2) is 0 Å². The molecule has 14 heavy (non-hydrogen) atoms. The van der Waals surface area contributed by atoms with E-state index in [1.54, 1.807) is 0 Å². The number of nitrogens with two attached hydrogens (primary N) is 1. The molecule has 0 radical (unpaired) electrons. The second kappa shape index (κ2) is 2.83. The molecule has 0 amide bonds. The van der Waals surface area contributed by atoms with Crippen LogP contribution in [-0.4, -0.2) is 5.54 Å². The molecular formula is C13H17N. The molecule has 1 nitrogen and oxygen atoms in total. The van der Waals surface area contributed by atoms with E-state index in [-0.39, 0.29) is 5.54 Å². The third-order valence-corrected chi connectivity index (χ3v) is 3.45. The van der Waals surface area contributed by atoms with E-state index < -0.39 is 0 Å². The van der Waals surface area contributed by atoms with Gasteiger partial charge in [-0.3, -0.25) is 0 Å². The third-order valence-electron chi connectivity index (χ3n) is 3.45. The lowest BCUT2D eigenvalue weighted by atomic mass is 10.0. The molecule has 3 rings (SSSR count). The highest BCUT2D eigenvalue weighted by atomic mass is 14.8. The Morgan fingerprint density at radius 2 is 2.07 bits per heavy atom. The van der Waals surface area contributed by atoms with E-state index >= 15 is 0 Å². The minimum atomic E-state index is 0.155. The van der Waals surface area contributed by atoms with Crippen molar-refractivity contribution in [2.45, 2.75) is 43.6 Å². The summed E-state index contributed by atoms with van der Waals surface area (Å²) < 4.78 is 0. The van der Waals surface area contributed by atoms with Crippen LogP contribution in [0.4, 0.5) is 0 Å². The third kappa shape index (κ3) is 1.69. The van der Waals surface area contributed by atoms with Gasteiger partial charge in [-0.15, -0.1) is 0 Å². The van der Waals surface area contributed by atoms with E-state index in [0.29, 0.717) is 0 Å². The Morgan fingerprint density at radius 3 is 2.71 bits per heavy atom. The molecule has 0 saturated heterocycles. The molecule has 1 aromatic carbocycles. The van der Waals surface area contributed by atoms with Crippen molar-refractivity contribution in [2.75, 3.05) is 0 Å². The fourth-order valence-electron chi connectivity index (χ4n) is 2.12. The van der Waals surface area contributed by atoms with Crippen molar-refractivity contribution < 1.29 is 0 Å². The lowest BCUT2D eigenvalue weighted by Crippen LogP contribution is -2.24. The molecule has 1 heteroatoms. The quantitative estimate of drug-likeness (QED) is 0.773. The zero-order chi connectivity index (χ0) is 9.60. The molecule has 2 fully saturated rings. The smallest absolute Gasteiger partial charge is 0.0196 e. The fraction of sp³-hybridized carbons (Fsp3) is 0.538. The number of hydrogen-bond acceptors (Lipinski definition) is 1. The number of rotatable bonds is 3. The van der Waals surface area contributed by atoms with Crippen molar-refractivity contribution >= 4 is 0 Å². The molecule has 2 saturated carbocycles. The molecule has 2 N–H and O–H groups in total. The Hall–Kier alpha value is -0.820. The number of benzene rings is 1. The van der Waals surface area contributed by atoms with E-state index in [9.17, 15) is 0 Å². The predicted octanol–water partition coefficient (Wildman–Crippen LogP) is 2.60. The van der Waals surface area contributed by atoms with Crippen LogP contribution in [0.1, 0.15) is 42.7 Å². The van der Waals surface area contributed by atoms with E-state index in [1.165, 1.54) is 36.8 Å². The standard InChI is InChI=1S/C13H17N/c14-13(6-7-13)9-10-2-1-3-12(8-10)11-4-5-11/h1-3,8,11H,4-7,9,14H2. The maximum absolute atomic E-state index is 6.12. The van der Waals surface area contributed by atoms with Gasteiger partial charge in [0.15, 0.2) is 0 Å². The monoisotopic (exact) mass is 187 g/mol. The molecule has 2 aliphatic carbocycles. The van der Waals surface area contributed by atoms with Crippen molar-refractivity contribution in [1.29, 1.82) is 0 Å². The van der Waals surface area contributed by atoms with Gasteiger partial charge in [-0.2, -0.15) is 0 Å². The van der Waals surface area contributed by atoms with Gasteiger partial charge in [0.2, 0.25) is 0 Å². The van der Waals surface area contributed by atoms with Crippen LogP contribution in [-0.2, 0) is 6.42 Å². The SMILES string of the molecule is NC1(Cc2cccc(C3CC3)c2)CC1. The van der Waals surface area contributed by atoms with Gasteiger partial charge >= 0.3 is 0 Å². The first-order valence-corrected chi connectivity index (χ1v) is 5.63. The summed E-state index contributed by atoms with van der Waals surface area (Å²) in [5.74, 6) is 0.864. The summed E-state index contributed by atoms with van der Waals surface area (Å²) in [6.45, 7) is 0. The Morgan fingerprint density at radius 1 is 1.29 bits per heavy atom. The lowest BCUT2D eigenvalue weighted by molar-refractivity contribution is 0.671. The van der Waals surface area contributed by atoms with Crippen molar-refractivity contribution in [3.05, 3.63) is 35.4 Å². The molecule has 0 bridgehead atoms. The molecule has 0 aromatic heterocycles. The van der Waals surface area contributed by atoms with Gasteiger partial charge in [0.25, 0.3) is 0 Å². The van der Waals surface area contributed by atoms with Crippen molar-refractivity contribution in [2.24, 2.45) is 5.73 Å². The van der Waals surface area contributed by atoms with Crippen LogP contribution in [0.3, 0.4) is 0 Å². The van der Waals surface area contributed by atoms with Gasteiger partial charge in [0.05, 0.1) is 0 Å². The van der Waals surface area contributed by atoms with E-state index in [0.717, 1.165) is 12.3 Å². The van der Waals surface area contributed by atoms with Crippen molar-refractivity contribution in [1.82, 2.24) is 0 Å². The first kappa shape index (κ1) is 8.49. The first-order valence-electron chi connectivity index (χ1n) is 5.63. The minimum Gasteiger partial charge on any atom is -0.325 e. The largest absolute Gasteiger partial charge is 0.325 e. The van der Waals surface area contributed by atoms with Crippen molar-refractivity contribution in [3.63, 3.8) is 0 Å². The second-order valence-corrected chi connectivity index (χ2v) is 5.06. The summed E-state index contributed by atoms with van der Waals surface area (Å²) in [6.07, 6.45) is 6.27. The van der Waals surface area contributed by atoms with Crippen LogP contribution in [0.2, 0.25) is 0 Å². The van der Waals surface area contributed by atoms with Gasteiger partial charge in [-0.05, 0) is 49.1 Å². The van der Waals surface area contributed by atoms with Crippen LogP contribution in [0.5, 0.6) is 0 Å². The van der Waals surface area contributed by atoms with Crippen molar-refractivity contribution in [3.8, 4) is 0 Å². The summed E-state index contributed by atoms with van der Waals surface area (Å²) in [5, 5.41) is 0. The fourth-order valence-corrected chi connectivity index (χ4v) is 2.12. The number of hydrogen-bond donors (Lipinski definition) is 1. The molecule has 0 atom stereocenters. The second-order valence-electron chi connectivity index (χ2n) is 5.06. The Labute approximate surface area is 85.3 Å². The molecule has 0 spiro atoms. The van der Waals surface area contributed by atoms with Gasteiger partial charge in [0, 0.05) is 5.54 Å². The van der Waals surface area contributed by atoms with Crippen LogP contribution in [0.15, 0.2) is 24.3 Å². The molecule has 2 aliphatic rings. The molecular weight excluding hydrogens is 170 g/mol. The van der Waals surface area contributed by atoms with E-state index in [1.807, 2.05) is 0 Å². The van der Waals surface area contributed by atoms with E-state index in [2.05, 4.69) is 24.3 Å². The highest BCUT2D eigenvalue weighted by molar-refractivity contribution is 5.31. The van der Waals surface area contributed by atoms with Gasteiger partial charge in [0.1, 0.15) is 0 Å². The summed E-state index contributed by atoms with van der Waals surface area (Å²) in [6, 6.07) is 9.04. The first-order chi connectivity index (χ1) is 6.75. The maximum Gasteiger partial charge on any atom is 0.0196 e. The molecule has 0 aliphatic heterocycles. The maximum atomic E-state index is 6.12. The normalized spacial score (nSPS) is 23.5. The Bertz CT molecular complexity index is 348. The van der Waals surface area contributed by atoms with Gasteiger partial charge in [-0.1, -0.05) is 24.3 Å². The van der Waals surface area contributed by atoms with Crippen LogP contribution < -0.4 is 5.73 Å². The molecule has 1 aromatic rings. The Balaban J connectivity index is 1.79. The average Bonchev–Trinajstić information content (AvgIpc) is 3.01. The topological polar surface area (TPSA) is 26.0 Å². The van der Waals surface area contributed by atoms with Crippen LogP contribution in [0, 0.1) is 0 Å².